The number of nitrogens with zero attached hydrogens (tertiary/aromatic N) is 2. The summed E-state index contributed by atoms with van der Waals surface area (Å²) in [5.74, 6) is -0.908. The van der Waals surface area contributed by atoms with E-state index in [0.717, 1.165) is 0 Å². The molecule has 1 aliphatic heterocycles. The van der Waals surface area contributed by atoms with Crippen LogP contribution in [-0.4, -0.2) is 52.4 Å². The van der Waals surface area contributed by atoms with Crippen LogP contribution in [0.4, 0.5) is 0 Å². The molecule has 1 fully saturated rings. The summed E-state index contributed by atoms with van der Waals surface area (Å²) in [6.45, 7) is 3.50. The van der Waals surface area contributed by atoms with Crippen LogP contribution in [0.2, 0.25) is 0 Å². The van der Waals surface area contributed by atoms with E-state index in [1.165, 1.54) is 23.9 Å². The topological polar surface area (TPSA) is 81.8 Å². The number of thiocarbonyl (C=S) groups is 1. The number of rotatable bonds is 4. The SMILES string of the molecule is CCN1C(=O)C(CC(=O)NC)N(NC(C)=O)C1=S. The van der Waals surface area contributed by atoms with Gasteiger partial charge in [-0.05, 0) is 19.1 Å². The highest BCUT2D eigenvalue weighted by atomic mass is 32.1. The molecular formula is C10H16N4O3S. The Hall–Kier alpha value is -1.70. The fraction of sp³-hybridized carbons (Fsp3) is 0.600. The zero-order chi connectivity index (χ0) is 13.9. The maximum atomic E-state index is 12.1. The lowest BCUT2D eigenvalue weighted by molar-refractivity contribution is -0.133. The molecule has 18 heavy (non-hydrogen) atoms. The molecule has 1 heterocycles. The molecule has 100 valence electrons. The molecule has 0 aliphatic carbocycles. The third kappa shape index (κ3) is 2.76. The predicted octanol–water partition coefficient (Wildman–Crippen LogP) is -1.01. The number of hydrogen-bond donors (Lipinski definition) is 2. The molecule has 1 saturated heterocycles. The normalized spacial score (nSPS) is 19.2. The summed E-state index contributed by atoms with van der Waals surface area (Å²) in [6, 6.07) is -0.777. The molecule has 0 spiro atoms. The third-order valence-corrected chi connectivity index (χ3v) is 2.97. The maximum absolute atomic E-state index is 12.1. The van der Waals surface area contributed by atoms with Gasteiger partial charge in [-0.3, -0.25) is 24.7 Å². The highest BCUT2D eigenvalue weighted by molar-refractivity contribution is 7.80. The lowest BCUT2D eigenvalue weighted by atomic mass is 10.2. The average Bonchev–Trinajstić information content (AvgIpc) is 2.52. The van der Waals surface area contributed by atoms with Crippen LogP contribution < -0.4 is 10.7 Å². The van der Waals surface area contributed by atoms with Gasteiger partial charge in [0.2, 0.25) is 11.8 Å². The van der Waals surface area contributed by atoms with E-state index in [-0.39, 0.29) is 29.3 Å². The van der Waals surface area contributed by atoms with Gasteiger partial charge in [-0.2, -0.15) is 0 Å². The van der Waals surface area contributed by atoms with E-state index < -0.39 is 6.04 Å². The lowest BCUT2D eigenvalue weighted by Gasteiger charge is -2.23. The molecule has 3 amide bonds. The van der Waals surface area contributed by atoms with Crippen molar-refractivity contribution in [2.45, 2.75) is 26.3 Å². The molecule has 0 bridgehead atoms. The van der Waals surface area contributed by atoms with Crippen LogP contribution in [0.5, 0.6) is 0 Å². The lowest BCUT2D eigenvalue weighted by Crippen LogP contribution is -2.49. The molecular weight excluding hydrogens is 256 g/mol. The maximum Gasteiger partial charge on any atom is 0.254 e. The minimum absolute atomic E-state index is 0.0494. The molecule has 1 unspecified atom stereocenters. The standard InChI is InChI=1S/C10H16N4O3S/c1-4-13-9(17)7(5-8(16)11-3)14(10(13)18)12-6(2)15/h7H,4-5H2,1-3H3,(H,11,16)(H,12,15). The van der Waals surface area contributed by atoms with Crippen LogP contribution in [0.25, 0.3) is 0 Å². The van der Waals surface area contributed by atoms with Crippen molar-refractivity contribution >= 4 is 35.1 Å². The van der Waals surface area contributed by atoms with Crippen LogP contribution in [0.3, 0.4) is 0 Å². The summed E-state index contributed by atoms with van der Waals surface area (Å²) >= 11 is 5.11. The van der Waals surface area contributed by atoms with Gasteiger partial charge in [0.05, 0.1) is 6.42 Å². The Morgan fingerprint density at radius 3 is 2.50 bits per heavy atom. The van der Waals surface area contributed by atoms with Crippen molar-refractivity contribution in [2.75, 3.05) is 13.6 Å². The summed E-state index contributed by atoms with van der Waals surface area (Å²) in [4.78, 5) is 35.9. The Kier molecular flexibility index (Phi) is 4.60. The zero-order valence-electron chi connectivity index (χ0n) is 10.5. The Balaban J connectivity index is 2.94. The number of carbonyl (C=O) groups is 3. The predicted molar refractivity (Wildman–Crippen MR) is 68.1 cm³/mol. The summed E-state index contributed by atoms with van der Waals surface area (Å²) < 4.78 is 0. The van der Waals surface area contributed by atoms with Gasteiger partial charge in [-0.15, -0.1) is 0 Å². The summed E-state index contributed by atoms with van der Waals surface area (Å²) in [7, 11) is 1.49. The van der Waals surface area contributed by atoms with E-state index in [0.29, 0.717) is 6.54 Å². The summed E-state index contributed by atoms with van der Waals surface area (Å²) in [5, 5.41) is 3.93. The molecule has 1 atom stereocenters. The van der Waals surface area contributed by atoms with Crippen molar-refractivity contribution in [1.29, 1.82) is 0 Å². The Bertz CT molecular complexity index is 399. The Morgan fingerprint density at radius 1 is 1.44 bits per heavy atom. The summed E-state index contributed by atoms with van der Waals surface area (Å²) in [6.07, 6.45) is -0.0494. The number of likely N-dealkylation sites (N-methyl/N-ethyl adjacent to an activating group) is 1. The fourth-order valence-corrected chi connectivity index (χ4v) is 2.08. The van der Waals surface area contributed by atoms with E-state index in [4.69, 9.17) is 12.2 Å². The monoisotopic (exact) mass is 272 g/mol. The number of hydrazine groups is 1. The van der Waals surface area contributed by atoms with E-state index in [1.54, 1.807) is 6.92 Å². The van der Waals surface area contributed by atoms with Crippen molar-refractivity contribution < 1.29 is 14.4 Å². The number of carbonyl (C=O) groups excluding carboxylic acids is 3. The first-order chi connectivity index (χ1) is 8.42. The summed E-state index contributed by atoms with van der Waals surface area (Å²) in [5.41, 5.74) is 2.48. The van der Waals surface area contributed by atoms with Crippen molar-refractivity contribution in [3.05, 3.63) is 0 Å². The number of nitrogens with one attached hydrogen (secondary N) is 2. The third-order valence-electron chi connectivity index (χ3n) is 2.55. The van der Waals surface area contributed by atoms with Gasteiger partial charge in [0.25, 0.3) is 5.91 Å². The van der Waals surface area contributed by atoms with Crippen molar-refractivity contribution in [2.24, 2.45) is 0 Å². The average molecular weight is 272 g/mol. The van der Waals surface area contributed by atoms with Crippen LogP contribution in [0.15, 0.2) is 0 Å². The van der Waals surface area contributed by atoms with Gasteiger partial charge in [-0.25, -0.2) is 5.01 Å². The molecule has 7 nitrogen and oxygen atoms in total. The molecule has 8 heteroatoms. The highest BCUT2D eigenvalue weighted by Crippen LogP contribution is 2.18. The smallest absolute Gasteiger partial charge is 0.254 e. The zero-order valence-corrected chi connectivity index (χ0v) is 11.3. The van der Waals surface area contributed by atoms with Crippen molar-refractivity contribution in [3.8, 4) is 0 Å². The van der Waals surface area contributed by atoms with Crippen LogP contribution >= 0.6 is 12.2 Å². The molecule has 0 aromatic rings. The highest BCUT2D eigenvalue weighted by Gasteiger charge is 2.43. The number of hydrogen-bond acceptors (Lipinski definition) is 4. The van der Waals surface area contributed by atoms with Gasteiger partial charge in [0, 0.05) is 20.5 Å². The van der Waals surface area contributed by atoms with E-state index in [2.05, 4.69) is 10.7 Å². The van der Waals surface area contributed by atoms with Crippen molar-refractivity contribution in [3.63, 3.8) is 0 Å². The second kappa shape index (κ2) is 5.76. The second-order valence-electron chi connectivity index (χ2n) is 3.80. The first-order valence-electron chi connectivity index (χ1n) is 5.54. The first-order valence-corrected chi connectivity index (χ1v) is 5.95. The van der Waals surface area contributed by atoms with Crippen LogP contribution in [0.1, 0.15) is 20.3 Å². The van der Waals surface area contributed by atoms with Gasteiger partial charge in [0.1, 0.15) is 6.04 Å². The largest absolute Gasteiger partial charge is 0.359 e. The number of amides is 3. The Labute approximate surface area is 110 Å². The molecule has 2 N–H and O–H groups in total. The molecule has 0 radical (unpaired) electrons. The van der Waals surface area contributed by atoms with Gasteiger partial charge < -0.3 is 5.32 Å². The van der Waals surface area contributed by atoms with Crippen molar-refractivity contribution in [1.82, 2.24) is 20.7 Å². The molecule has 0 aromatic carbocycles. The Morgan fingerprint density at radius 2 is 2.06 bits per heavy atom. The van der Waals surface area contributed by atoms with Gasteiger partial charge >= 0.3 is 0 Å². The van der Waals surface area contributed by atoms with Gasteiger partial charge in [0.15, 0.2) is 5.11 Å². The second-order valence-corrected chi connectivity index (χ2v) is 4.16. The molecule has 0 aromatic heterocycles. The van der Waals surface area contributed by atoms with Crippen LogP contribution in [-0.2, 0) is 14.4 Å². The van der Waals surface area contributed by atoms with E-state index in [1.807, 2.05) is 0 Å². The minimum atomic E-state index is -0.777. The molecule has 0 saturated carbocycles. The van der Waals surface area contributed by atoms with E-state index >= 15 is 0 Å². The van der Waals surface area contributed by atoms with Gasteiger partial charge in [-0.1, -0.05) is 0 Å². The van der Waals surface area contributed by atoms with Crippen LogP contribution in [0, 0.1) is 0 Å². The molecule has 1 aliphatic rings. The first kappa shape index (κ1) is 14.4. The van der Waals surface area contributed by atoms with E-state index in [9.17, 15) is 14.4 Å². The fourth-order valence-electron chi connectivity index (χ4n) is 1.69. The minimum Gasteiger partial charge on any atom is -0.359 e. The quantitative estimate of drug-likeness (QED) is 0.641. The molecule has 1 rings (SSSR count).